The van der Waals surface area contributed by atoms with Gasteiger partial charge in [0.15, 0.2) is 0 Å². The molecule has 0 spiro atoms. The SMILES string of the molecule is Cc1ccc(-c2ccccc2)c2c1[CH]([Zr]([CH3])([CH3])(=[SiH2])[CH]1C(C(C)C)=Cc3c(-c4ccccc4)cccc31)C(CC(C)C)=C2.Cl.Cl. The average Bonchev–Trinajstić information content (AvgIpc) is 3.55. The van der Waals surface area contributed by atoms with Gasteiger partial charge in [0.2, 0.25) is 0 Å². The summed E-state index contributed by atoms with van der Waals surface area (Å²) < 4.78 is 6.65. The van der Waals surface area contributed by atoms with E-state index in [9.17, 15) is 0 Å². The fraction of sp³-hybridized carbons (Fsp3) is 0.300. The van der Waals surface area contributed by atoms with Gasteiger partial charge >= 0.3 is 258 Å². The Labute approximate surface area is 280 Å². The molecule has 2 unspecified atom stereocenters. The molecule has 4 heteroatoms. The van der Waals surface area contributed by atoms with E-state index >= 15 is 0 Å². The van der Waals surface area contributed by atoms with Crippen molar-refractivity contribution in [2.45, 2.75) is 57.6 Å². The molecule has 2 aliphatic carbocycles. The Morgan fingerprint density at radius 3 is 1.77 bits per heavy atom. The van der Waals surface area contributed by atoms with Crippen LogP contribution in [-0.2, 0) is 17.4 Å². The second-order valence-corrected chi connectivity index (χ2v) is 45.2. The van der Waals surface area contributed by atoms with Crippen molar-refractivity contribution < 1.29 is 17.4 Å². The van der Waals surface area contributed by atoms with Crippen LogP contribution in [-0.4, -0.2) is 6.88 Å². The molecule has 0 aliphatic heterocycles. The Balaban J connectivity index is 0.00000221. The summed E-state index contributed by atoms with van der Waals surface area (Å²) in [6.07, 6.45) is 6.41. The molecule has 2 aliphatic rings. The van der Waals surface area contributed by atoms with E-state index in [0.717, 1.165) is 0 Å². The first kappa shape index (κ1) is 34.9. The van der Waals surface area contributed by atoms with Crippen molar-refractivity contribution in [2.75, 3.05) is 0 Å². The van der Waals surface area contributed by atoms with Gasteiger partial charge in [-0.15, -0.1) is 24.8 Å². The summed E-state index contributed by atoms with van der Waals surface area (Å²) in [5.74, 6) is 1.14. The summed E-state index contributed by atoms with van der Waals surface area (Å²) in [6, 6.07) is 34.0. The molecule has 0 N–H and O–H groups in total. The maximum absolute atomic E-state index is 3.72. The third kappa shape index (κ3) is 5.98. The topological polar surface area (TPSA) is 0 Å². The van der Waals surface area contributed by atoms with Gasteiger partial charge in [-0.2, -0.15) is 0 Å². The average molecular weight is 719 g/mol. The van der Waals surface area contributed by atoms with E-state index in [4.69, 9.17) is 0 Å². The standard InChI is InChI=1S/C20H21.C18H17.2CH3.2ClH.H2Si.Zr/c1-14(2)11-16-12-19-15(3)9-10-18(20(19)13-16)17-7-5-4-6-8-17;1-13(2)16-11-15-9-6-10-17(18(15)12-16)14-7-4-3-5-8-14;;;;;;/h4-10,12-14H,11H2,1-3H3;3-13H,1-2H3;2*1H3;2*1H;1H2;. The second-order valence-electron chi connectivity index (χ2n) is 14.7. The van der Waals surface area contributed by atoms with E-state index in [0.29, 0.717) is 19.1 Å². The molecule has 44 heavy (non-hydrogen) atoms. The summed E-state index contributed by atoms with van der Waals surface area (Å²) in [5.41, 5.74) is 16.4. The van der Waals surface area contributed by atoms with Crippen LogP contribution in [0.2, 0.25) is 9.26 Å². The molecule has 0 aromatic heterocycles. The summed E-state index contributed by atoms with van der Waals surface area (Å²) >= 11 is -3.72. The molecule has 4 aromatic carbocycles. The van der Waals surface area contributed by atoms with E-state index < -0.39 is 17.4 Å². The minimum Gasteiger partial charge on any atom is -0.147 e. The van der Waals surface area contributed by atoms with E-state index in [1.807, 2.05) is 0 Å². The first-order chi connectivity index (χ1) is 20.0. The van der Waals surface area contributed by atoms with E-state index in [2.05, 4.69) is 154 Å². The van der Waals surface area contributed by atoms with Gasteiger partial charge in [0, 0.05) is 0 Å². The van der Waals surface area contributed by atoms with Crippen LogP contribution in [0.1, 0.15) is 69.2 Å². The van der Waals surface area contributed by atoms with Crippen LogP contribution in [0, 0.1) is 18.8 Å². The normalized spacial score (nSPS) is 17.4. The number of aryl methyl sites for hydroxylation is 1. The predicted molar refractivity (Wildman–Crippen MR) is 199 cm³/mol. The molecule has 0 saturated carbocycles. The van der Waals surface area contributed by atoms with Crippen molar-refractivity contribution in [1.29, 1.82) is 0 Å². The number of halogens is 2. The molecule has 2 atom stereocenters. The zero-order valence-electron chi connectivity index (χ0n) is 27.4. The number of hydrogen-bond donors (Lipinski definition) is 0. The van der Waals surface area contributed by atoms with Crippen LogP contribution in [0.15, 0.2) is 102 Å². The molecular formula is C40H48Cl2SiZr. The Hall–Kier alpha value is -1.96. The Morgan fingerprint density at radius 1 is 0.659 bits per heavy atom. The Bertz CT molecular complexity index is 1790. The Morgan fingerprint density at radius 2 is 1.23 bits per heavy atom. The van der Waals surface area contributed by atoms with Crippen molar-refractivity contribution >= 4 is 43.8 Å². The van der Waals surface area contributed by atoms with Crippen LogP contribution in [0.3, 0.4) is 0 Å². The molecule has 0 nitrogen and oxygen atoms in total. The number of rotatable bonds is 7. The van der Waals surface area contributed by atoms with Gasteiger partial charge in [-0.05, 0) is 0 Å². The molecule has 0 radical (unpaired) electrons. The third-order valence-electron chi connectivity index (χ3n) is 9.97. The molecule has 6 rings (SSSR count). The van der Waals surface area contributed by atoms with Gasteiger partial charge in [0.1, 0.15) is 0 Å². The van der Waals surface area contributed by atoms with Crippen LogP contribution in [0.25, 0.3) is 34.4 Å². The Kier molecular flexibility index (Phi) is 10.3. The molecule has 0 heterocycles. The largest absolute Gasteiger partial charge is 0.147 e. The van der Waals surface area contributed by atoms with Crippen LogP contribution in [0.5, 0.6) is 0 Å². The predicted octanol–water partition coefficient (Wildman–Crippen LogP) is 11.8. The number of allylic oxidation sites excluding steroid dienone is 2. The molecule has 0 saturated heterocycles. The fourth-order valence-electron chi connectivity index (χ4n) is 8.36. The van der Waals surface area contributed by atoms with Gasteiger partial charge < -0.3 is 0 Å². The van der Waals surface area contributed by atoms with Gasteiger partial charge in [-0.1, -0.05) is 0 Å². The summed E-state index contributed by atoms with van der Waals surface area (Å²) in [6.45, 7) is 14.5. The zero-order chi connectivity index (χ0) is 29.8. The van der Waals surface area contributed by atoms with Gasteiger partial charge in [-0.3, -0.25) is 0 Å². The number of benzene rings is 4. The molecule has 0 amide bonds. The molecule has 230 valence electrons. The summed E-state index contributed by atoms with van der Waals surface area (Å²) in [7, 11) is 0. The van der Waals surface area contributed by atoms with Crippen molar-refractivity contribution in [3.8, 4) is 22.3 Å². The molecule has 0 fully saturated rings. The summed E-state index contributed by atoms with van der Waals surface area (Å²) in [4.78, 5) is 0. The van der Waals surface area contributed by atoms with E-state index in [-0.39, 0.29) is 24.8 Å². The van der Waals surface area contributed by atoms with Crippen LogP contribution >= 0.6 is 24.8 Å². The minimum absolute atomic E-state index is 0. The third-order valence-corrected chi connectivity index (χ3v) is 27.3. The maximum Gasteiger partial charge on any atom is -0.147 e. The van der Waals surface area contributed by atoms with Crippen LogP contribution in [0.4, 0.5) is 0 Å². The molecular weight excluding hydrogens is 671 g/mol. The van der Waals surface area contributed by atoms with E-state index in [1.165, 1.54) is 45.4 Å². The molecule has 4 aromatic rings. The maximum atomic E-state index is 2.80. The van der Waals surface area contributed by atoms with Gasteiger partial charge in [0.05, 0.1) is 0 Å². The number of fused-ring (bicyclic) bond motifs is 2. The van der Waals surface area contributed by atoms with Crippen molar-refractivity contribution in [1.82, 2.24) is 0 Å². The first-order valence-electron chi connectivity index (χ1n) is 15.8. The second kappa shape index (κ2) is 13.0. The zero-order valence-corrected chi connectivity index (χ0v) is 32.9. The minimum atomic E-state index is -3.72. The van der Waals surface area contributed by atoms with Crippen molar-refractivity contribution in [3.05, 3.63) is 130 Å². The number of hydrogen-bond acceptors (Lipinski definition) is 0. The summed E-state index contributed by atoms with van der Waals surface area (Å²) in [5, 5.41) is 0. The smallest absolute Gasteiger partial charge is 0.147 e. The monoisotopic (exact) mass is 716 g/mol. The van der Waals surface area contributed by atoms with Crippen LogP contribution < -0.4 is 0 Å². The van der Waals surface area contributed by atoms with E-state index in [1.54, 1.807) is 22.3 Å². The quantitative estimate of drug-likeness (QED) is 0.167. The van der Waals surface area contributed by atoms with Gasteiger partial charge in [0.25, 0.3) is 0 Å². The van der Waals surface area contributed by atoms with Crippen molar-refractivity contribution in [3.63, 3.8) is 0 Å². The fourth-order valence-corrected chi connectivity index (χ4v) is 28.2. The molecule has 0 bridgehead atoms. The first-order valence-corrected chi connectivity index (χ1v) is 29.5. The van der Waals surface area contributed by atoms with Gasteiger partial charge in [-0.25, -0.2) is 0 Å². The van der Waals surface area contributed by atoms with Crippen molar-refractivity contribution in [2.24, 2.45) is 11.8 Å².